The van der Waals surface area contributed by atoms with Crippen molar-refractivity contribution in [3.63, 3.8) is 0 Å². The fraction of sp³-hybridized carbons (Fsp3) is 0.273. The van der Waals surface area contributed by atoms with Gasteiger partial charge in [-0.25, -0.2) is 9.37 Å². The van der Waals surface area contributed by atoms with Crippen LogP contribution in [0.2, 0.25) is 0 Å². The molecule has 1 N–H and O–H groups in total. The molecule has 0 saturated carbocycles. The zero-order valence-corrected chi connectivity index (χ0v) is 16.7. The highest BCUT2D eigenvalue weighted by atomic mass is 19.1. The number of benzene rings is 1. The monoisotopic (exact) mass is 406 g/mol. The lowest BCUT2D eigenvalue weighted by molar-refractivity contribution is 0.0714. The van der Waals surface area contributed by atoms with Crippen molar-refractivity contribution in [2.45, 2.75) is 18.9 Å². The molecule has 0 radical (unpaired) electrons. The Morgan fingerprint density at radius 3 is 2.67 bits per heavy atom. The van der Waals surface area contributed by atoms with Crippen molar-refractivity contribution in [1.82, 2.24) is 20.1 Å². The molecule has 8 heteroatoms. The Morgan fingerprint density at radius 1 is 1.13 bits per heavy atom. The Morgan fingerprint density at radius 2 is 1.93 bits per heavy atom. The molecule has 0 unspecified atom stereocenters. The number of halogens is 1. The molecule has 3 aromatic rings. The van der Waals surface area contributed by atoms with Crippen molar-refractivity contribution in [3.8, 4) is 0 Å². The van der Waals surface area contributed by atoms with E-state index in [1.54, 1.807) is 36.7 Å². The molecule has 0 atom stereocenters. The van der Waals surface area contributed by atoms with E-state index in [-0.39, 0.29) is 11.7 Å². The van der Waals surface area contributed by atoms with E-state index < -0.39 is 0 Å². The average molecular weight is 406 g/mol. The van der Waals surface area contributed by atoms with Crippen molar-refractivity contribution in [2.24, 2.45) is 0 Å². The molecular weight excluding hydrogens is 383 g/mol. The van der Waals surface area contributed by atoms with Crippen LogP contribution in [0.25, 0.3) is 0 Å². The molecule has 0 aliphatic carbocycles. The fourth-order valence-electron chi connectivity index (χ4n) is 3.68. The third-order valence-corrected chi connectivity index (χ3v) is 5.34. The van der Waals surface area contributed by atoms with Gasteiger partial charge in [0, 0.05) is 44.3 Å². The van der Waals surface area contributed by atoms with Crippen LogP contribution < -0.4 is 10.2 Å². The van der Waals surface area contributed by atoms with Gasteiger partial charge in [0.2, 0.25) is 0 Å². The summed E-state index contributed by atoms with van der Waals surface area (Å²) in [5.74, 6) is 0.823. The van der Waals surface area contributed by atoms with E-state index in [2.05, 4.69) is 25.4 Å². The Balaban J connectivity index is 1.43. The molecule has 0 bridgehead atoms. The van der Waals surface area contributed by atoms with Gasteiger partial charge >= 0.3 is 0 Å². The number of nitrogens with zero attached hydrogens (tertiary/aromatic N) is 5. The predicted octanol–water partition coefficient (Wildman–Crippen LogP) is 3.50. The van der Waals surface area contributed by atoms with Crippen LogP contribution in [0.3, 0.4) is 0 Å². The Kier molecular flexibility index (Phi) is 5.83. The Bertz CT molecular complexity index is 1010. The molecule has 1 aliphatic heterocycles. The number of hydrogen-bond donors (Lipinski definition) is 1. The first-order valence-corrected chi connectivity index (χ1v) is 9.89. The first-order valence-electron chi connectivity index (χ1n) is 9.89. The molecule has 0 spiro atoms. The van der Waals surface area contributed by atoms with Crippen molar-refractivity contribution < 1.29 is 9.18 Å². The zero-order chi connectivity index (χ0) is 20.9. The summed E-state index contributed by atoms with van der Waals surface area (Å²) >= 11 is 0. The lowest BCUT2D eigenvalue weighted by Gasteiger charge is -2.37. The molecule has 7 nitrogen and oxygen atoms in total. The van der Waals surface area contributed by atoms with E-state index in [9.17, 15) is 9.18 Å². The van der Waals surface area contributed by atoms with Gasteiger partial charge < -0.3 is 15.1 Å². The third-order valence-electron chi connectivity index (χ3n) is 5.34. The number of aromatic nitrogens is 3. The molecule has 4 rings (SSSR count). The molecule has 30 heavy (non-hydrogen) atoms. The van der Waals surface area contributed by atoms with Crippen LogP contribution in [0.1, 0.15) is 23.2 Å². The summed E-state index contributed by atoms with van der Waals surface area (Å²) in [6.07, 6.45) is 4.94. The van der Waals surface area contributed by atoms with Crippen LogP contribution in [0.15, 0.2) is 60.9 Å². The number of pyridine rings is 1. The minimum absolute atomic E-state index is 0.0809. The standard InChI is InChI=1S/C22H23FN6O/c1-28(20-8-4-12-25-27-20)18-9-13-29(14-10-18)22(30)19-7-3-11-24-21(19)26-17-6-2-5-16(23)15-17/h2-8,11-12,15,18H,9-10,13-14H2,1H3,(H,24,26). The van der Waals surface area contributed by atoms with Gasteiger partial charge in [-0.3, -0.25) is 4.79 Å². The molecule has 1 aromatic carbocycles. The van der Waals surface area contributed by atoms with Crippen LogP contribution in [-0.4, -0.2) is 52.2 Å². The summed E-state index contributed by atoms with van der Waals surface area (Å²) in [6.45, 7) is 1.28. The van der Waals surface area contributed by atoms with Crippen molar-refractivity contribution in [3.05, 3.63) is 72.3 Å². The number of carbonyl (C=O) groups excluding carboxylic acids is 1. The molecule has 1 fully saturated rings. The molecule has 1 amide bonds. The van der Waals surface area contributed by atoms with E-state index in [4.69, 9.17) is 0 Å². The first-order chi connectivity index (χ1) is 14.6. The van der Waals surface area contributed by atoms with Gasteiger partial charge in [0.05, 0.1) is 5.56 Å². The summed E-state index contributed by atoms with van der Waals surface area (Å²) in [4.78, 5) is 21.4. The minimum atomic E-state index is -0.349. The zero-order valence-electron chi connectivity index (χ0n) is 16.7. The average Bonchev–Trinajstić information content (AvgIpc) is 2.79. The maximum absolute atomic E-state index is 13.5. The fourth-order valence-corrected chi connectivity index (χ4v) is 3.68. The topological polar surface area (TPSA) is 74.2 Å². The van der Waals surface area contributed by atoms with E-state index in [1.165, 1.54) is 12.1 Å². The minimum Gasteiger partial charge on any atom is -0.355 e. The van der Waals surface area contributed by atoms with Crippen molar-refractivity contribution >= 4 is 23.2 Å². The van der Waals surface area contributed by atoms with Crippen LogP contribution in [0, 0.1) is 5.82 Å². The maximum Gasteiger partial charge on any atom is 0.257 e. The van der Waals surface area contributed by atoms with Gasteiger partial charge in [0.1, 0.15) is 11.6 Å². The summed E-state index contributed by atoms with van der Waals surface area (Å²) in [5, 5.41) is 11.2. The second kappa shape index (κ2) is 8.86. The van der Waals surface area contributed by atoms with Gasteiger partial charge in [-0.05, 0) is 55.3 Å². The van der Waals surface area contributed by atoms with E-state index in [0.717, 1.165) is 18.7 Å². The largest absolute Gasteiger partial charge is 0.355 e. The second-order valence-electron chi connectivity index (χ2n) is 7.25. The summed E-state index contributed by atoms with van der Waals surface area (Å²) < 4.78 is 13.5. The van der Waals surface area contributed by atoms with Gasteiger partial charge in [0.15, 0.2) is 5.82 Å². The molecule has 1 aliphatic rings. The molecule has 3 heterocycles. The number of amides is 1. The highest BCUT2D eigenvalue weighted by Gasteiger charge is 2.28. The normalized spacial score (nSPS) is 14.4. The van der Waals surface area contributed by atoms with Crippen LogP contribution in [0.4, 0.5) is 21.7 Å². The van der Waals surface area contributed by atoms with Crippen LogP contribution in [-0.2, 0) is 0 Å². The number of hydrogen-bond acceptors (Lipinski definition) is 6. The quantitative estimate of drug-likeness (QED) is 0.699. The third kappa shape index (κ3) is 4.37. The van der Waals surface area contributed by atoms with Gasteiger partial charge in [0.25, 0.3) is 5.91 Å². The van der Waals surface area contributed by atoms with E-state index in [1.807, 2.05) is 24.1 Å². The molecular formula is C22H23FN6O. The number of anilines is 3. The van der Waals surface area contributed by atoms with E-state index in [0.29, 0.717) is 36.2 Å². The number of likely N-dealkylation sites (tertiary alicyclic amines) is 1. The van der Waals surface area contributed by atoms with Gasteiger partial charge in [-0.2, -0.15) is 5.10 Å². The highest BCUT2D eigenvalue weighted by Crippen LogP contribution is 2.24. The van der Waals surface area contributed by atoms with E-state index >= 15 is 0 Å². The Labute approximate surface area is 174 Å². The smallest absolute Gasteiger partial charge is 0.257 e. The predicted molar refractivity (Wildman–Crippen MR) is 113 cm³/mol. The van der Waals surface area contributed by atoms with Crippen LogP contribution >= 0.6 is 0 Å². The summed E-state index contributed by atoms with van der Waals surface area (Å²) in [7, 11) is 2.01. The summed E-state index contributed by atoms with van der Waals surface area (Å²) in [5.41, 5.74) is 1.02. The number of nitrogens with one attached hydrogen (secondary N) is 1. The first kappa shape index (κ1) is 19.8. The number of piperidine rings is 1. The molecule has 2 aromatic heterocycles. The highest BCUT2D eigenvalue weighted by molar-refractivity contribution is 5.99. The van der Waals surface area contributed by atoms with Crippen molar-refractivity contribution in [1.29, 1.82) is 0 Å². The van der Waals surface area contributed by atoms with Crippen LogP contribution in [0.5, 0.6) is 0 Å². The van der Waals surface area contributed by atoms with Crippen molar-refractivity contribution in [2.75, 3.05) is 30.4 Å². The number of rotatable bonds is 5. The summed E-state index contributed by atoms with van der Waals surface area (Å²) in [6, 6.07) is 13.7. The molecule has 154 valence electrons. The SMILES string of the molecule is CN(c1cccnn1)C1CCN(C(=O)c2cccnc2Nc2cccc(F)c2)CC1. The number of carbonyl (C=O) groups is 1. The lowest BCUT2D eigenvalue weighted by atomic mass is 10.0. The molecule has 1 saturated heterocycles. The van der Waals surface area contributed by atoms with Gasteiger partial charge in [-0.1, -0.05) is 6.07 Å². The van der Waals surface area contributed by atoms with Gasteiger partial charge in [-0.15, -0.1) is 5.10 Å². The second-order valence-corrected chi connectivity index (χ2v) is 7.25. The maximum atomic E-state index is 13.5. The Hall–Kier alpha value is -3.55. The lowest BCUT2D eigenvalue weighted by Crippen LogP contribution is -2.46.